The van der Waals surface area contributed by atoms with Crippen LogP contribution in [-0.2, 0) is 9.31 Å². The van der Waals surface area contributed by atoms with Gasteiger partial charge in [0.25, 0.3) is 0 Å². The predicted octanol–water partition coefficient (Wildman–Crippen LogP) is 2.60. The molecule has 5 nitrogen and oxygen atoms in total. The third kappa shape index (κ3) is 3.00. The molecule has 0 unspecified atom stereocenters. The van der Waals surface area contributed by atoms with Crippen LogP contribution in [0, 0.1) is 0 Å². The molecule has 25 heavy (non-hydrogen) atoms. The van der Waals surface area contributed by atoms with Crippen molar-refractivity contribution in [1.29, 1.82) is 0 Å². The maximum absolute atomic E-state index is 6.18. The first-order chi connectivity index (χ1) is 11.7. The summed E-state index contributed by atoms with van der Waals surface area (Å²) in [7, 11) is 1.87. The van der Waals surface area contributed by atoms with Crippen LogP contribution in [-0.4, -0.2) is 53.1 Å². The molecule has 0 amide bonds. The van der Waals surface area contributed by atoms with Crippen molar-refractivity contribution in [2.45, 2.75) is 57.8 Å². The van der Waals surface area contributed by atoms with Crippen molar-refractivity contribution < 1.29 is 9.31 Å². The van der Waals surface area contributed by atoms with Gasteiger partial charge in [-0.1, -0.05) is 12.1 Å². The molecule has 1 atom stereocenters. The molecule has 2 aliphatic heterocycles. The number of likely N-dealkylation sites (N-methyl/N-ethyl adjacent to an activating group) is 1. The van der Waals surface area contributed by atoms with E-state index >= 15 is 0 Å². The molecule has 0 radical (unpaired) electrons. The molecule has 134 valence electrons. The summed E-state index contributed by atoms with van der Waals surface area (Å²) in [5.41, 5.74) is 1.47. The summed E-state index contributed by atoms with van der Waals surface area (Å²) in [5.74, 6) is 0. The van der Waals surface area contributed by atoms with Crippen LogP contribution in [0.5, 0.6) is 0 Å². The van der Waals surface area contributed by atoms with E-state index in [1.54, 1.807) is 0 Å². The number of hydrogen-bond acceptors (Lipinski definition) is 4. The van der Waals surface area contributed by atoms with Crippen molar-refractivity contribution in [3.05, 3.63) is 24.4 Å². The molecule has 1 aromatic carbocycles. The maximum Gasteiger partial charge on any atom is 0.494 e. The summed E-state index contributed by atoms with van der Waals surface area (Å²) in [6, 6.07) is 6.78. The third-order valence-corrected chi connectivity index (χ3v) is 6.05. The lowest BCUT2D eigenvalue weighted by atomic mass is 9.79. The van der Waals surface area contributed by atoms with E-state index in [0.717, 1.165) is 22.9 Å². The normalized spacial score (nSPS) is 26.4. The molecular formula is C19H28BN3O2. The highest BCUT2D eigenvalue weighted by Crippen LogP contribution is 2.36. The summed E-state index contributed by atoms with van der Waals surface area (Å²) in [5, 5.41) is 5.96. The summed E-state index contributed by atoms with van der Waals surface area (Å²) in [6.45, 7) is 10.6. The smallest absolute Gasteiger partial charge is 0.399 e. The molecule has 0 N–H and O–H groups in total. The van der Waals surface area contributed by atoms with E-state index in [4.69, 9.17) is 14.4 Å². The van der Waals surface area contributed by atoms with Crippen molar-refractivity contribution in [2.24, 2.45) is 0 Å². The van der Waals surface area contributed by atoms with Crippen LogP contribution in [0.1, 0.15) is 46.6 Å². The number of rotatable bonds is 2. The quantitative estimate of drug-likeness (QED) is 0.788. The van der Waals surface area contributed by atoms with Crippen LogP contribution in [0.4, 0.5) is 0 Å². The Hall–Kier alpha value is -1.37. The maximum atomic E-state index is 6.18. The summed E-state index contributed by atoms with van der Waals surface area (Å²) in [6.07, 6.45) is 4.60. The first-order valence-corrected chi connectivity index (χ1v) is 9.28. The lowest BCUT2D eigenvalue weighted by Crippen LogP contribution is -2.41. The zero-order valence-corrected chi connectivity index (χ0v) is 16.0. The van der Waals surface area contributed by atoms with Gasteiger partial charge in [-0.2, -0.15) is 5.10 Å². The highest BCUT2D eigenvalue weighted by molar-refractivity contribution is 6.62. The van der Waals surface area contributed by atoms with Crippen LogP contribution >= 0.6 is 0 Å². The van der Waals surface area contributed by atoms with E-state index in [1.807, 2.05) is 0 Å². The topological polar surface area (TPSA) is 39.5 Å². The predicted molar refractivity (Wildman–Crippen MR) is 101 cm³/mol. The van der Waals surface area contributed by atoms with Gasteiger partial charge in [-0.15, -0.1) is 0 Å². The molecule has 0 spiro atoms. The number of aromatic nitrogens is 2. The van der Waals surface area contributed by atoms with Crippen molar-refractivity contribution in [2.75, 3.05) is 20.1 Å². The number of hydrogen-bond donors (Lipinski definition) is 0. The Balaban J connectivity index is 1.61. The minimum atomic E-state index is -0.321. The second kappa shape index (κ2) is 5.83. The number of benzene rings is 1. The lowest BCUT2D eigenvalue weighted by molar-refractivity contribution is 0.00578. The van der Waals surface area contributed by atoms with Gasteiger partial charge in [0.05, 0.1) is 22.8 Å². The van der Waals surface area contributed by atoms with Crippen LogP contribution in [0.15, 0.2) is 24.4 Å². The highest BCUT2D eigenvalue weighted by Gasteiger charge is 2.51. The van der Waals surface area contributed by atoms with Gasteiger partial charge in [-0.05, 0) is 65.7 Å². The fourth-order valence-electron chi connectivity index (χ4n) is 3.73. The van der Waals surface area contributed by atoms with Crippen molar-refractivity contribution in [3.63, 3.8) is 0 Å². The minimum Gasteiger partial charge on any atom is -0.399 e. The monoisotopic (exact) mass is 341 g/mol. The van der Waals surface area contributed by atoms with Crippen LogP contribution in [0.2, 0.25) is 0 Å². The van der Waals surface area contributed by atoms with E-state index in [0.29, 0.717) is 6.04 Å². The molecule has 0 saturated carbocycles. The fraction of sp³-hybridized carbons (Fsp3) is 0.632. The van der Waals surface area contributed by atoms with Gasteiger partial charge in [0.15, 0.2) is 0 Å². The average Bonchev–Trinajstić information content (AvgIpc) is 3.05. The number of fused-ring (bicyclic) bond motifs is 1. The Morgan fingerprint density at radius 3 is 2.56 bits per heavy atom. The summed E-state index contributed by atoms with van der Waals surface area (Å²) < 4.78 is 14.5. The van der Waals surface area contributed by atoms with Gasteiger partial charge >= 0.3 is 7.12 Å². The molecule has 0 bridgehead atoms. The zero-order chi connectivity index (χ0) is 17.8. The molecule has 2 aromatic rings. The van der Waals surface area contributed by atoms with Crippen LogP contribution in [0.25, 0.3) is 10.9 Å². The Morgan fingerprint density at radius 2 is 1.88 bits per heavy atom. The largest absolute Gasteiger partial charge is 0.494 e. The molecule has 6 heteroatoms. The summed E-state index contributed by atoms with van der Waals surface area (Å²) in [4.78, 5) is 2.39. The van der Waals surface area contributed by atoms with E-state index in [1.165, 1.54) is 19.4 Å². The van der Waals surface area contributed by atoms with E-state index < -0.39 is 0 Å². The second-order valence-electron chi connectivity index (χ2n) is 8.57. The van der Waals surface area contributed by atoms with Gasteiger partial charge in [0.1, 0.15) is 0 Å². The van der Waals surface area contributed by atoms with E-state index in [2.05, 4.69) is 68.7 Å². The molecule has 2 saturated heterocycles. The average molecular weight is 341 g/mol. The van der Waals surface area contributed by atoms with E-state index in [-0.39, 0.29) is 18.3 Å². The highest BCUT2D eigenvalue weighted by atomic mass is 16.7. The van der Waals surface area contributed by atoms with Crippen molar-refractivity contribution >= 4 is 23.5 Å². The minimum absolute atomic E-state index is 0.316. The van der Waals surface area contributed by atoms with Gasteiger partial charge in [0.2, 0.25) is 0 Å². The first kappa shape index (κ1) is 17.1. The van der Waals surface area contributed by atoms with Crippen LogP contribution in [0.3, 0.4) is 0 Å². The lowest BCUT2D eigenvalue weighted by Gasteiger charge is -2.32. The molecule has 0 aliphatic carbocycles. The zero-order valence-electron chi connectivity index (χ0n) is 16.0. The van der Waals surface area contributed by atoms with Gasteiger partial charge in [-0.3, -0.25) is 4.68 Å². The molecule has 3 heterocycles. The van der Waals surface area contributed by atoms with Gasteiger partial charge in [0, 0.05) is 18.1 Å². The Kier molecular flexibility index (Phi) is 3.98. The molecule has 2 fully saturated rings. The first-order valence-electron chi connectivity index (χ1n) is 9.28. The second-order valence-corrected chi connectivity index (χ2v) is 8.57. The molecular weight excluding hydrogens is 313 g/mol. The number of nitrogens with zero attached hydrogens (tertiary/aromatic N) is 3. The Labute approximate surface area is 150 Å². The molecule has 2 aliphatic rings. The molecule has 4 rings (SSSR count). The standard InChI is InChI=1S/C19H28BN3O2/c1-18(2)19(3,4)25-20(24-18)15-8-9-17-14(11-15)12-23(21-17)16-7-6-10-22(5)13-16/h8-9,11-12,16H,6-7,10,13H2,1-5H3/t16-/m1/s1. The third-order valence-electron chi connectivity index (χ3n) is 6.05. The fourth-order valence-corrected chi connectivity index (χ4v) is 3.73. The van der Waals surface area contributed by atoms with Gasteiger partial charge in [-0.25, -0.2) is 0 Å². The SMILES string of the molecule is CN1CCC[C@@H](n2cc3cc(B4OC(C)(C)C(C)(C)O4)ccc3n2)C1. The number of likely N-dealkylation sites (tertiary alicyclic amines) is 1. The molecule has 1 aromatic heterocycles. The van der Waals surface area contributed by atoms with Gasteiger partial charge < -0.3 is 14.2 Å². The van der Waals surface area contributed by atoms with E-state index in [9.17, 15) is 0 Å². The van der Waals surface area contributed by atoms with Crippen molar-refractivity contribution in [3.8, 4) is 0 Å². The summed E-state index contributed by atoms with van der Waals surface area (Å²) >= 11 is 0. The number of piperidine rings is 1. The van der Waals surface area contributed by atoms with Crippen LogP contribution < -0.4 is 5.46 Å². The Morgan fingerprint density at radius 1 is 1.16 bits per heavy atom. The van der Waals surface area contributed by atoms with Crippen molar-refractivity contribution in [1.82, 2.24) is 14.7 Å². The Bertz CT molecular complexity index is 770.